The van der Waals surface area contributed by atoms with E-state index in [1.54, 1.807) is 7.11 Å². The molecular formula is C14H11ClN2O. The first-order valence-electron chi connectivity index (χ1n) is 5.51. The van der Waals surface area contributed by atoms with Crippen molar-refractivity contribution in [3.63, 3.8) is 0 Å². The first-order chi connectivity index (χ1) is 8.69. The summed E-state index contributed by atoms with van der Waals surface area (Å²) in [4.78, 5) is 4.55. The number of anilines is 1. The Kier molecular flexibility index (Phi) is 2.49. The van der Waals surface area contributed by atoms with E-state index in [9.17, 15) is 0 Å². The summed E-state index contributed by atoms with van der Waals surface area (Å²) in [5.41, 5.74) is 8.37. The number of ether oxygens (including phenoxy) is 1. The third-order valence-corrected chi connectivity index (χ3v) is 3.21. The Labute approximate surface area is 109 Å². The third kappa shape index (κ3) is 1.64. The van der Waals surface area contributed by atoms with Gasteiger partial charge in [0.05, 0.1) is 23.8 Å². The molecule has 0 fully saturated rings. The molecule has 0 atom stereocenters. The number of aromatic nitrogens is 1. The number of halogens is 1. The number of nitrogens with zero attached hydrogens (tertiary/aromatic N) is 1. The van der Waals surface area contributed by atoms with Crippen LogP contribution in [0.25, 0.3) is 21.8 Å². The Balaban J connectivity index is 2.41. The topological polar surface area (TPSA) is 48.1 Å². The predicted octanol–water partition coefficient (Wildman–Crippen LogP) is 3.63. The van der Waals surface area contributed by atoms with E-state index in [1.165, 1.54) is 0 Å². The lowest BCUT2D eigenvalue weighted by Gasteiger charge is -2.08. The van der Waals surface area contributed by atoms with Crippen molar-refractivity contribution < 1.29 is 4.74 Å². The van der Waals surface area contributed by atoms with Crippen molar-refractivity contribution in [2.75, 3.05) is 12.8 Å². The van der Waals surface area contributed by atoms with Gasteiger partial charge in [0, 0.05) is 15.8 Å². The van der Waals surface area contributed by atoms with Crippen LogP contribution in [-0.4, -0.2) is 12.1 Å². The number of pyridine rings is 1. The molecule has 0 bridgehead atoms. The van der Waals surface area contributed by atoms with Crippen LogP contribution in [0.5, 0.6) is 5.75 Å². The molecule has 2 aromatic carbocycles. The fourth-order valence-electron chi connectivity index (χ4n) is 2.05. The Morgan fingerprint density at radius 1 is 1.11 bits per heavy atom. The summed E-state index contributed by atoms with van der Waals surface area (Å²) in [6, 6.07) is 11.3. The summed E-state index contributed by atoms with van der Waals surface area (Å²) in [6.45, 7) is 0. The maximum atomic E-state index is 6.06. The van der Waals surface area contributed by atoms with E-state index in [-0.39, 0.29) is 0 Å². The molecule has 4 heteroatoms. The normalized spacial score (nSPS) is 11.0. The molecule has 3 nitrogen and oxygen atoms in total. The minimum Gasteiger partial charge on any atom is -0.495 e. The van der Waals surface area contributed by atoms with E-state index < -0.39 is 0 Å². The number of benzene rings is 2. The quantitative estimate of drug-likeness (QED) is 0.536. The van der Waals surface area contributed by atoms with Crippen LogP contribution in [0.4, 0.5) is 5.69 Å². The van der Waals surface area contributed by atoms with Crippen LogP contribution in [0, 0.1) is 0 Å². The molecule has 0 aliphatic heterocycles. The Morgan fingerprint density at radius 2 is 1.94 bits per heavy atom. The van der Waals surface area contributed by atoms with Crippen molar-refractivity contribution in [1.29, 1.82) is 0 Å². The van der Waals surface area contributed by atoms with E-state index >= 15 is 0 Å². The molecule has 0 amide bonds. The van der Waals surface area contributed by atoms with Crippen LogP contribution in [0.3, 0.4) is 0 Å². The van der Waals surface area contributed by atoms with Gasteiger partial charge in [0.1, 0.15) is 5.75 Å². The van der Waals surface area contributed by atoms with E-state index in [0.717, 1.165) is 21.8 Å². The molecule has 90 valence electrons. The minimum atomic E-state index is 0.611. The summed E-state index contributed by atoms with van der Waals surface area (Å²) in [5.74, 6) is 0.664. The standard InChI is InChI=1S/C14H11ClN2O/c1-18-13-5-4-11-10(14(13)16)6-8-2-3-9(15)7-12(8)17-11/h2-7H,16H2,1H3. The lowest BCUT2D eigenvalue weighted by molar-refractivity contribution is 0.417. The van der Waals surface area contributed by atoms with Crippen molar-refractivity contribution >= 4 is 39.1 Å². The van der Waals surface area contributed by atoms with Gasteiger partial charge < -0.3 is 10.5 Å². The highest BCUT2D eigenvalue weighted by Crippen LogP contribution is 2.32. The highest BCUT2D eigenvalue weighted by Gasteiger charge is 2.07. The number of rotatable bonds is 1. The smallest absolute Gasteiger partial charge is 0.142 e. The number of nitrogen functional groups attached to an aromatic ring is 1. The zero-order valence-electron chi connectivity index (χ0n) is 9.77. The van der Waals surface area contributed by atoms with Crippen molar-refractivity contribution in [3.05, 3.63) is 41.4 Å². The van der Waals surface area contributed by atoms with Crippen LogP contribution >= 0.6 is 11.6 Å². The zero-order chi connectivity index (χ0) is 12.7. The molecule has 0 aliphatic carbocycles. The Bertz CT molecular complexity index is 755. The molecule has 18 heavy (non-hydrogen) atoms. The summed E-state index contributed by atoms with van der Waals surface area (Å²) in [5, 5.41) is 2.58. The highest BCUT2D eigenvalue weighted by molar-refractivity contribution is 6.31. The number of methoxy groups -OCH3 is 1. The monoisotopic (exact) mass is 258 g/mol. The molecule has 0 aliphatic rings. The molecule has 0 unspecified atom stereocenters. The van der Waals surface area contributed by atoms with Gasteiger partial charge in [0.25, 0.3) is 0 Å². The van der Waals surface area contributed by atoms with Gasteiger partial charge in [-0.15, -0.1) is 0 Å². The molecule has 2 N–H and O–H groups in total. The van der Waals surface area contributed by atoms with E-state index in [4.69, 9.17) is 22.1 Å². The van der Waals surface area contributed by atoms with E-state index in [1.807, 2.05) is 36.4 Å². The summed E-state index contributed by atoms with van der Waals surface area (Å²) >= 11 is 5.96. The fraction of sp³-hybridized carbons (Fsp3) is 0.0714. The van der Waals surface area contributed by atoms with Crippen molar-refractivity contribution in [1.82, 2.24) is 4.98 Å². The average molecular weight is 259 g/mol. The van der Waals surface area contributed by atoms with Crippen LogP contribution in [-0.2, 0) is 0 Å². The summed E-state index contributed by atoms with van der Waals surface area (Å²) in [7, 11) is 1.60. The number of hydrogen-bond donors (Lipinski definition) is 1. The number of fused-ring (bicyclic) bond motifs is 2. The Hall–Kier alpha value is -2.00. The van der Waals surface area contributed by atoms with E-state index in [0.29, 0.717) is 16.5 Å². The molecule has 1 heterocycles. The minimum absolute atomic E-state index is 0.611. The van der Waals surface area contributed by atoms with Crippen molar-refractivity contribution in [3.8, 4) is 5.75 Å². The van der Waals surface area contributed by atoms with Gasteiger partial charge >= 0.3 is 0 Å². The van der Waals surface area contributed by atoms with Gasteiger partial charge in [0.2, 0.25) is 0 Å². The van der Waals surface area contributed by atoms with Gasteiger partial charge in [0.15, 0.2) is 0 Å². The molecule has 0 spiro atoms. The second-order valence-electron chi connectivity index (χ2n) is 4.07. The maximum Gasteiger partial charge on any atom is 0.142 e. The van der Waals surface area contributed by atoms with Gasteiger partial charge in [-0.25, -0.2) is 4.98 Å². The SMILES string of the molecule is COc1ccc2nc3cc(Cl)ccc3cc2c1N. The van der Waals surface area contributed by atoms with Gasteiger partial charge in [-0.3, -0.25) is 0 Å². The van der Waals surface area contributed by atoms with Crippen LogP contribution < -0.4 is 10.5 Å². The first-order valence-corrected chi connectivity index (χ1v) is 5.89. The molecule has 0 saturated carbocycles. The fourth-order valence-corrected chi connectivity index (χ4v) is 2.22. The molecule has 1 aromatic heterocycles. The second-order valence-corrected chi connectivity index (χ2v) is 4.51. The first kappa shape index (κ1) is 11.1. The molecular weight excluding hydrogens is 248 g/mol. The average Bonchev–Trinajstić information content (AvgIpc) is 2.37. The number of hydrogen-bond acceptors (Lipinski definition) is 3. The number of nitrogens with two attached hydrogens (primary N) is 1. The van der Waals surface area contributed by atoms with Gasteiger partial charge in [-0.05, 0) is 30.3 Å². The van der Waals surface area contributed by atoms with Crippen molar-refractivity contribution in [2.24, 2.45) is 0 Å². The van der Waals surface area contributed by atoms with Crippen LogP contribution in [0.15, 0.2) is 36.4 Å². The van der Waals surface area contributed by atoms with Gasteiger partial charge in [-0.1, -0.05) is 17.7 Å². The van der Waals surface area contributed by atoms with Crippen LogP contribution in [0.2, 0.25) is 5.02 Å². The third-order valence-electron chi connectivity index (χ3n) is 2.98. The summed E-state index contributed by atoms with van der Waals surface area (Å²) < 4.78 is 5.21. The highest BCUT2D eigenvalue weighted by atomic mass is 35.5. The molecule has 3 rings (SSSR count). The molecule has 3 aromatic rings. The zero-order valence-corrected chi connectivity index (χ0v) is 10.5. The largest absolute Gasteiger partial charge is 0.495 e. The second kappa shape index (κ2) is 4.03. The maximum absolute atomic E-state index is 6.06. The van der Waals surface area contributed by atoms with Crippen molar-refractivity contribution in [2.45, 2.75) is 0 Å². The summed E-state index contributed by atoms with van der Waals surface area (Å²) in [6.07, 6.45) is 0. The predicted molar refractivity (Wildman–Crippen MR) is 75.2 cm³/mol. The van der Waals surface area contributed by atoms with Crippen LogP contribution in [0.1, 0.15) is 0 Å². The van der Waals surface area contributed by atoms with Gasteiger partial charge in [-0.2, -0.15) is 0 Å². The Morgan fingerprint density at radius 3 is 2.72 bits per heavy atom. The lowest BCUT2D eigenvalue weighted by Crippen LogP contribution is -1.94. The lowest BCUT2D eigenvalue weighted by atomic mass is 10.1. The van der Waals surface area contributed by atoms with E-state index in [2.05, 4.69) is 4.98 Å². The molecule has 0 radical (unpaired) electrons. The molecule has 0 saturated heterocycles.